The van der Waals surface area contributed by atoms with Gasteiger partial charge in [-0.15, -0.1) is 0 Å². The predicted octanol–water partition coefficient (Wildman–Crippen LogP) is 4.41. The number of halogens is 1. The largest absolute Gasteiger partial charge is 0.457 e. The zero-order chi connectivity index (χ0) is 16.8. The number of carbonyl (C=O) groups excluding carboxylic acids is 1. The molecule has 0 bridgehead atoms. The number of ether oxygens (including phenoxy) is 1. The molecule has 0 aliphatic rings. The van der Waals surface area contributed by atoms with Gasteiger partial charge in [0.2, 0.25) is 0 Å². The zero-order valence-electron chi connectivity index (χ0n) is 12.8. The van der Waals surface area contributed by atoms with E-state index in [1.165, 1.54) is 3.57 Å². The molecule has 120 valence electrons. The van der Waals surface area contributed by atoms with Crippen molar-refractivity contribution in [1.29, 1.82) is 0 Å². The first kappa shape index (κ1) is 16.4. The van der Waals surface area contributed by atoms with E-state index in [4.69, 9.17) is 4.74 Å². The molecule has 1 amide bonds. The fourth-order valence-electron chi connectivity index (χ4n) is 2.10. The van der Waals surface area contributed by atoms with Crippen molar-refractivity contribution in [3.8, 4) is 11.5 Å². The van der Waals surface area contributed by atoms with Crippen LogP contribution < -0.4 is 10.1 Å². The molecule has 4 nitrogen and oxygen atoms in total. The summed E-state index contributed by atoms with van der Waals surface area (Å²) in [6.07, 6.45) is 3.19. The van der Waals surface area contributed by atoms with E-state index in [-0.39, 0.29) is 5.91 Å². The van der Waals surface area contributed by atoms with Crippen LogP contribution in [0.3, 0.4) is 0 Å². The van der Waals surface area contributed by atoms with Crippen LogP contribution in [0.15, 0.2) is 73.1 Å². The lowest BCUT2D eigenvalue weighted by atomic mass is 10.2. The molecule has 3 rings (SSSR count). The number of carbonyl (C=O) groups is 1. The lowest BCUT2D eigenvalue weighted by Gasteiger charge is -2.08. The Balaban J connectivity index is 1.56. The van der Waals surface area contributed by atoms with Crippen molar-refractivity contribution in [3.63, 3.8) is 0 Å². The molecule has 1 heterocycles. The fourth-order valence-corrected chi connectivity index (χ4v) is 2.46. The summed E-state index contributed by atoms with van der Waals surface area (Å²) in [6, 6.07) is 19.0. The quantitative estimate of drug-likeness (QED) is 0.611. The highest BCUT2D eigenvalue weighted by Crippen LogP contribution is 2.22. The Kier molecular flexibility index (Phi) is 5.43. The van der Waals surface area contributed by atoms with Crippen LogP contribution in [-0.4, -0.2) is 10.9 Å². The minimum absolute atomic E-state index is 0.137. The van der Waals surface area contributed by atoms with Gasteiger partial charge in [-0.1, -0.05) is 12.1 Å². The molecular formula is C19H15IN2O2. The van der Waals surface area contributed by atoms with Crippen LogP contribution in [-0.2, 0) is 6.54 Å². The molecule has 0 atom stereocenters. The number of hydrogen-bond acceptors (Lipinski definition) is 3. The summed E-state index contributed by atoms with van der Waals surface area (Å²) in [5, 5.41) is 2.87. The van der Waals surface area contributed by atoms with Crippen LogP contribution in [0.5, 0.6) is 11.5 Å². The van der Waals surface area contributed by atoms with Crippen molar-refractivity contribution < 1.29 is 9.53 Å². The SMILES string of the molecule is O=C(NCc1ccc(Oc2ccc(I)cc2)cc1)c1cccnc1. The summed E-state index contributed by atoms with van der Waals surface area (Å²) in [6.45, 7) is 0.456. The Bertz CT molecular complexity index is 803. The van der Waals surface area contributed by atoms with Crippen LogP contribution in [0.2, 0.25) is 0 Å². The Labute approximate surface area is 154 Å². The maximum Gasteiger partial charge on any atom is 0.253 e. The first-order valence-electron chi connectivity index (χ1n) is 7.41. The van der Waals surface area contributed by atoms with E-state index >= 15 is 0 Å². The van der Waals surface area contributed by atoms with Gasteiger partial charge in [0.25, 0.3) is 5.91 Å². The smallest absolute Gasteiger partial charge is 0.253 e. The minimum Gasteiger partial charge on any atom is -0.457 e. The number of rotatable bonds is 5. The molecule has 3 aromatic rings. The predicted molar refractivity (Wildman–Crippen MR) is 101 cm³/mol. The van der Waals surface area contributed by atoms with Crippen molar-refractivity contribution in [2.45, 2.75) is 6.54 Å². The summed E-state index contributed by atoms with van der Waals surface area (Å²) in [5.41, 5.74) is 1.55. The van der Waals surface area contributed by atoms with Gasteiger partial charge >= 0.3 is 0 Å². The number of aromatic nitrogens is 1. The summed E-state index contributed by atoms with van der Waals surface area (Å²) in [7, 11) is 0. The monoisotopic (exact) mass is 430 g/mol. The van der Waals surface area contributed by atoms with E-state index in [0.717, 1.165) is 17.1 Å². The van der Waals surface area contributed by atoms with Gasteiger partial charge in [0, 0.05) is 22.5 Å². The molecule has 1 aromatic heterocycles. The molecule has 24 heavy (non-hydrogen) atoms. The number of pyridine rings is 1. The Morgan fingerprint density at radius 2 is 1.67 bits per heavy atom. The van der Waals surface area contributed by atoms with Gasteiger partial charge in [-0.05, 0) is 76.7 Å². The van der Waals surface area contributed by atoms with Crippen molar-refractivity contribution in [1.82, 2.24) is 10.3 Å². The van der Waals surface area contributed by atoms with Gasteiger partial charge in [0.05, 0.1) is 5.56 Å². The number of hydrogen-bond donors (Lipinski definition) is 1. The minimum atomic E-state index is -0.137. The molecule has 0 aliphatic carbocycles. The van der Waals surface area contributed by atoms with Gasteiger partial charge in [-0.3, -0.25) is 9.78 Å². The molecule has 1 N–H and O–H groups in total. The maximum absolute atomic E-state index is 12.0. The molecule has 0 unspecified atom stereocenters. The first-order chi connectivity index (χ1) is 11.7. The molecule has 2 aromatic carbocycles. The lowest BCUT2D eigenvalue weighted by Crippen LogP contribution is -2.22. The molecule has 5 heteroatoms. The highest BCUT2D eigenvalue weighted by Gasteiger charge is 2.05. The third-order valence-corrected chi connectivity index (χ3v) is 4.07. The van der Waals surface area contributed by atoms with E-state index < -0.39 is 0 Å². The molecule has 0 aliphatic heterocycles. The third kappa shape index (κ3) is 4.55. The number of nitrogens with one attached hydrogen (secondary N) is 1. The van der Waals surface area contributed by atoms with E-state index in [1.54, 1.807) is 24.5 Å². The number of nitrogens with zero attached hydrogens (tertiary/aromatic N) is 1. The molecular weight excluding hydrogens is 415 g/mol. The number of benzene rings is 2. The van der Waals surface area contributed by atoms with Gasteiger partial charge in [-0.25, -0.2) is 0 Å². The van der Waals surface area contributed by atoms with E-state index in [0.29, 0.717) is 12.1 Å². The van der Waals surface area contributed by atoms with Gasteiger partial charge in [-0.2, -0.15) is 0 Å². The second-order valence-corrected chi connectivity index (χ2v) is 6.37. The summed E-state index contributed by atoms with van der Waals surface area (Å²) in [5.74, 6) is 1.42. The average molecular weight is 430 g/mol. The molecule has 0 radical (unpaired) electrons. The maximum atomic E-state index is 12.0. The summed E-state index contributed by atoms with van der Waals surface area (Å²) < 4.78 is 6.95. The van der Waals surface area contributed by atoms with Gasteiger partial charge < -0.3 is 10.1 Å². The third-order valence-electron chi connectivity index (χ3n) is 3.35. The molecule has 0 saturated carbocycles. The van der Waals surface area contributed by atoms with E-state index in [9.17, 15) is 4.79 Å². The van der Waals surface area contributed by atoms with Crippen molar-refractivity contribution in [2.75, 3.05) is 0 Å². The summed E-state index contributed by atoms with van der Waals surface area (Å²) in [4.78, 5) is 15.9. The summed E-state index contributed by atoms with van der Waals surface area (Å²) >= 11 is 2.26. The molecule has 0 fully saturated rings. The molecule has 0 saturated heterocycles. The zero-order valence-corrected chi connectivity index (χ0v) is 14.9. The fraction of sp³-hybridized carbons (Fsp3) is 0.0526. The van der Waals surface area contributed by atoms with Gasteiger partial charge in [0.15, 0.2) is 0 Å². The normalized spacial score (nSPS) is 10.2. The van der Waals surface area contributed by atoms with Gasteiger partial charge in [0.1, 0.15) is 11.5 Å². The highest BCUT2D eigenvalue weighted by molar-refractivity contribution is 14.1. The van der Waals surface area contributed by atoms with E-state index in [1.807, 2.05) is 48.5 Å². The second-order valence-electron chi connectivity index (χ2n) is 5.12. The number of amides is 1. The van der Waals surface area contributed by atoms with Crippen molar-refractivity contribution >= 4 is 28.5 Å². The highest BCUT2D eigenvalue weighted by atomic mass is 127. The topological polar surface area (TPSA) is 51.2 Å². The Morgan fingerprint density at radius 1 is 1.00 bits per heavy atom. The first-order valence-corrected chi connectivity index (χ1v) is 8.49. The van der Waals surface area contributed by atoms with Crippen molar-refractivity contribution in [3.05, 3.63) is 87.8 Å². The van der Waals surface area contributed by atoms with Crippen LogP contribution in [0, 0.1) is 3.57 Å². The van der Waals surface area contributed by atoms with Crippen molar-refractivity contribution in [2.24, 2.45) is 0 Å². The van der Waals surface area contributed by atoms with Crippen LogP contribution in [0.25, 0.3) is 0 Å². The second kappa shape index (κ2) is 7.92. The average Bonchev–Trinajstić information content (AvgIpc) is 2.63. The standard InChI is InChI=1S/C19H15IN2O2/c20-16-5-9-18(10-6-16)24-17-7-3-14(4-8-17)12-22-19(23)15-2-1-11-21-13-15/h1-11,13H,12H2,(H,22,23). The molecule has 0 spiro atoms. The van der Waals surface area contributed by atoms with E-state index in [2.05, 4.69) is 32.9 Å². The van der Waals surface area contributed by atoms with Crippen LogP contribution >= 0.6 is 22.6 Å². The Morgan fingerprint density at radius 3 is 2.29 bits per heavy atom. The Hall–Kier alpha value is -2.41. The lowest BCUT2D eigenvalue weighted by molar-refractivity contribution is 0.0950. The van der Waals surface area contributed by atoms with Crippen LogP contribution in [0.1, 0.15) is 15.9 Å². The van der Waals surface area contributed by atoms with Crippen LogP contribution in [0.4, 0.5) is 0 Å².